The third-order valence-electron chi connectivity index (χ3n) is 4.54. The largest absolute Gasteiger partial charge is 0.299 e. The second-order valence-corrected chi connectivity index (χ2v) is 7.64. The molecule has 0 aromatic heterocycles. The standard InChI is InChI=1S/C15H25N.C10H18.3C2H6/c1-5-10-16(11-6-2)12-15-13(3)8-7-9-14(15)4;1-5-10(4)8-6-7-9(2)3;3*1-2/h7-9H,5-6,10-12H2,1-4H3;6-9H,5H2,1-4H3;3*1-2H3/b;7-6-,10-8-;;;. The summed E-state index contributed by atoms with van der Waals surface area (Å²) in [6.07, 6.45) is 10.2. The first-order valence-electron chi connectivity index (χ1n) is 13.5. The lowest BCUT2D eigenvalue weighted by Crippen LogP contribution is -2.25. The Bertz CT molecular complexity index is 511. The molecule has 0 unspecified atom stereocenters. The van der Waals surface area contributed by atoms with E-state index in [0.717, 1.165) is 13.0 Å². The smallest absolute Gasteiger partial charge is 0.0238 e. The van der Waals surface area contributed by atoms with Crippen molar-refractivity contribution in [1.29, 1.82) is 0 Å². The molecule has 1 nitrogen and oxygen atoms in total. The van der Waals surface area contributed by atoms with E-state index in [0.29, 0.717) is 5.92 Å². The highest BCUT2D eigenvalue weighted by molar-refractivity contribution is 5.33. The lowest BCUT2D eigenvalue weighted by molar-refractivity contribution is 0.265. The maximum absolute atomic E-state index is 2.56. The second kappa shape index (κ2) is 29.7. The zero-order chi connectivity index (χ0) is 25.9. The molecule has 0 N–H and O–H groups in total. The molecule has 0 bridgehead atoms. The summed E-state index contributed by atoms with van der Waals surface area (Å²) in [7, 11) is 0. The predicted molar refractivity (Wildman–Crippen MR) is 154 cm³/mol. The normalized spacial score (nSPS) is 10.3. The fourth-order valence-corrected chi connectivity index (χ4v) is 2.78. The Morgan fingerprint density at radius 3 is 1.62 bits per heavy atom. The van der Waals surface area contributed by atoms with Crippen LogP contribution in [0.5, 0.6) is 0 Å². The third-order valence-corrected chi connectivity index (χ3v) is 4.54. The van der Waals surface area contributed by atoms with Gasteiger partial charge in [0.2, 0.25) is 0 Å². The Balaban J connectivity index is -0.000000211. The molecule has 0 saturated carbocycles. The van der Waals surface area contributed by atoms with Crippen molar-refractivity contribution in [3.63, 3.8) is 0 Å². The molecule has 0 aliphatic rings. The fourth-order valence-electron chi connectivity index (χ4n) is 2.78. The van der Waals surface area contributed by atoms with Crippen LogP contribution < -0.4 is 0 Å². The highest BCUT2D eigenvalue weighted by Gasteiger charge is 2.07. The summed E-state index contributed by atoms with van der Waals surface area (Å²) in [5, 5.41) is 0. The van der Waals surface area contributed by atoms with Crippen molar-refractivity contribution in [3.8, 4) is 0 Å². The van der Waals surface area contributed by atoms with Crippen LogP contribution in [-0.4, -0.2) is 18.0 Å². The van der Waals surface area contributed by atoms with Gasteiger partial charge >= 0.3 is 0 Å². The van der Waals surface area contributed by atoms with Crippen molar-refractivity contribution in [2.75, 3.05) is 13.1 Å². The molecule has 0 amide bonds. The van der Waals surface area contributed by atoms with Crippen LogP contribution in [0.2, 0.25) is 0 Å². The maximum Gasteiger partial charge on any atom is 0.0238 e. The predicted octanol–water partition coefficient (Wildman–Crippen LogP) is 10.6. The molecule has 0 fully saturated rings. The summed E-state index contributed by atoms with van der Waals surface area (Å²) in [6.45, 7) is 33.2. The van der Waals surface area contributed by atoms with Gasteiger partial charge in [-0.05, 0) is 75.7 Å². The molecule has 0 spiro atoms. The number of allylic oxidation sites excluding steroid dienone is 4. The van der Waals surface area contributed by atoms with Crippen molar-refractivity contribution < 1.29 is 0 Å². The lowest BCUT2D eigenvalue weighted by Gasteiger charge is -2.23. The highest BCUT2D eigenvalue weighted by atomic mass is 15.1. The van der Waals surface area contributed by atoms with Gasteiger partial charge in [0.25, 0.3) is 0 Å². The van der Waals surface area contributed by atoms with Crippen LogP contribution in [0.4, 0.5) is 0 Å². The number of rotatable bonds is 9. The quantitative estimate of drug-likeness (QED) is 0.340. The topological polar surface area (TPSA) is 3.24 Å². The van der Waals surface area contributed by atoms with Crippen LogP contribution >= 0.6 is 0 Å². The lowest BCUT2D eigenvalue weighted by atomic mass is 10.0. The van der Waals surface area contributed by atoms with Gasteiger partial charge in [0.1, 0.15) is 0 Å². The first-order chi connectivity index (χ1) is 15.3. The minimum absolute atomic E-state index is 0.668. The summed E-state index contributed by atoms with van der Waals surface area (Å²) in [6, 6.07) is 6.59. The SMILES string of the molecule is CC.CC.CC.CC/C(C)=C\C=C/C(C)C.CCCN(CCC)Cc1c(C)cccc1C. The number of aryl methyl sites for hydroxylation is 2. The van der Waals surface area contributed by atoms with Gasteiger partial charge in [-0.15, -0.1) is 0 Å². The van der Waals surface area contributed by atoms with Crippen LogP contribution in [0.3, 0.4) is 0 Å². The number of hydrogen-bond donors (Lipinski definition) is 0. The number of nitrogens with zero attached hydrogens (tertiary/aromatic N) is 1. The third kappa shape index (κ3) is 23.3. The Morgan fingerprint density at radius 2 is 1.28 bits per heavy atom. The van der Waals surface area contributed by atoms with Gasteiger partial charge in [-0.2, -0.15) is 0 Å². The minimum Gasteiger partial charge on any atom is -0.299 e. The molecule has 1 heteroatoms. The summed E-state index contributed by atoms with van der Waals surface area (Å²) >= 11 is 0. The fraction of sp³-hybridized carbons (Fsp3) is 0.677. The molecular weight excluding hydrogens is 386 g/mol. The van der Waals surface area contributed by atoms with E-state index < -0.39 is 0 Å². The molecule has 32 heavy (non-hydrogen) atoms. The summed E-state index contributed by atoms with van der Waals surface area (Å²) in [4.78, 5) is 2.56. The molecule has 1 aromatic rings. The van der Waals surface area contributed by atoms with Crippen LogP contribution in [-0.2, 0) is 6.54 Å². The van der Waals surface area contributed by atoms with Crippen LogP contribution in [0.1, 0.15) is 119 Å². The Hall–Kier alpha value is -1.34. The van der Waals surface area contributed by atoms with E-state index in [2.05, 4.69) is 96.7 Å². The van der Waals surface area contributed by atoms with Crippen molar-refractivity contribution in [2.45, 2.75) is 123 Å². The second-order valence-electron chi connectivity index (χ2n) is 7.64. The van der Waals surface area contributed by atoms with Crippen LogP contribution in [0, 0.1) is 19.8 Å². The van der Waals surface area contributed by atoms with E-state index in [4.69, 9.17) is 0 Å². The van der Waals surface area contributed by atoms with Gasteiger partial charge in [-0.1, -0.05) is 118 Å². The minimum atomic E-state index is 0.668. The first kappa shape index (κ1) is 37.9. The zero-order valence-electron chi connectivity index (χ0n) is 24.7. The molecule has 0 atom stereocenters. The maximum atomic E-state index is 2.56. The van der Waals surface area contributed by atoms with Gasteiger partial charge < -0.3 is 0 Å². The monoisotopic (exact) mass is 447 g/mol. The molecular formula is C31H61N. The van der Waals surface area contributed by atoms with Gasteiger partial charge in [-0.25, -0.2) is 0 Å². The molecule has 0 heterocycles. The van der Waals surface area contributed by atoms with Crippen LogP contribution in [0.15, 0.2) is 42.0 Å². The van der Waals surface area contributed by atoms with Gasteiger partial charge in [-0.3, -0.25) is 4.90 Å². The highest BCUT2D eigenvalue weighted by Crippen LogP contribution is 2.16. The van der Waals surface area contributed by atoms with E-state index in [1.165, 1.54) is 48.2 Å². The van der Waals surface area contributed by atoms with Crippen LogP contribution in [0.25, 0.3) is 0 Å². The van der Waals surface area contributed by atoms with E-state index in [-0.39, 0.29) is 0 Å². The molecule has 0 aliphatic carbocycles. The molecule has 190 valence electrons. The molecule has 1 aromatic carbocycles. The molecule has 1 rings (SSSR count). The summed E-state index contributed by atoms with van der Waals surface area (Å²) < 4.78 is 0. The molecule has 0 aliphatic heterocycles. The van der Waals surface area contributed by atoms with Crippen molar-refractivity contribution in [2.24, 2.45) is 5.92 Å². The van der Waals surface area contributed by atoms with E-state index in [1.54, 1.807) is 0 Å². The Morgan fingerprint density at radius 1 is 0.844 bits per heavy atom. The first-order valence-corrected chi connectivity index (χ1v) is 13.5. The Kier molecular flexibility index (Phi) is 35.2. The average molecular weight is 448 g/mol. The molecule has 0 saturated heterocycles. The number of hydrogen-bond acceptors (Lipinski definition) is 1. The van der Waals surface area contributed by atoms with Crippen molar-refractivity contribution in [3.05, 3.63) is 58.7 Å². The van der Waals surface area contributed by atoms with E-state index in [1.807, 2.05) is 41.5 Å². The average Bonchev–Trinajstić information content (AvgIpc) is 2.80. The summed E-state index contributed by atoms with van der Waals surface area (Å²) in [5.74, 6) is 0.668. The van der Waals surface area contributed by atoms with Crippen molar-refractivity contribution >= 4 is 0 Å². The summed E-state index contributed by atoms with van der Waals surface area (Å²) in [5.41, 5.74) is 5.82. The zero-order valence-corrected chi connectivity index (χ0v) is 24.7. The van der Waals surface area contributed by atoms with E-state index in [9.17, 15) is 0 Å². The number of benzene rings is 1. The van der Waals surface area contributed by atoms with Gasteiger partial charge in [0, 0.05) is 6.54 Å². The molecule has 0 radical (unpaired) electrons. The van der Waals surface area contributed by atoms with Gasteiger partial charge in [0.15, 0.2) is 0 Å². The van der Waals surface area contributed by atoms with E-state index >= 15 is 0 Å². The van der Waals surface area contributed by atoms with Crippen molar-refractivity contribution in [1.82, 2.24) is 4.90 Å². The Labute approximate surface area is 205 Å². The van der Waals surface area contributed by atoms with Gasteiger partial charge in [0.05, 0.1) is 0 Å².